The molecule has 34 heavy (non-hydrogen) atoms. The molecule has 1 aromatic rings. The fraction of sp³-hybridized carbons (Fsp3) is 0.565. The Morgan fingerprint density at radius 2 is 1.38 bits per heavy atom. The Kier molecular flexibility index (Phi) is 10.6. The summed E-state index contributed by atoms with van der Waals surface area (Å²) >= 11 is 1.26. The molecule has 0 aliphatic carbocycles. The van der Waals surface area contributed by atoms with Crippen molar-refractivity contribution in [3.05, 3.63) is 29.8 Å². The van der Waals surface area contributed by atoms with Crippen LogP contribution in [0, 0.1) is 6.92 Å². The smallest absolute Gasteiger partial charge is 0.303 e. The molecule has 0 saturated carbocycles. The van der Waals surface area contributed by atoms with E-state index in [1.807, 2.05) is 31.2 Å². The highest BCUT2D eigenvalue weighted by Crippen LogP contribution is 2.34. The van der Waals surface area contributed by atoms with Gasteiger partial charge in [0.1, 0.15) is 23.9 Å². The monoisotopic (exact) mass is 498 g/mol. The summed E-state index contributed by atoms with van der Waals surface area (Å²) in [5.74, 6) is -1.40. The normalized spacial score (nSPS) is 24.0. The van der Waals surface area contributed by atoms with Crippen molar-refractivity contribution in [3.63, 3.8) is 0 Å². The van der Waals surface area contributed by atoms with Crippen LogP contribution >= 0.6 is 11.8 Å². The third-order valence-corrected chi connectivity index (χ3v) is 5.71. The van der Waals surface area contributed by atoms with Gasteiger partial charge in [-0.15, -0.1) is 11.8 Å². The minimum atomic E-state index is -1.17. The highest BCUT2D eigenvalue weighted by Gasteiger charge is 2.52. The van der Waals surface area contributed by atoms with Gasteiger partial charge in [0.25, 0.3) is 0 Å². The average molecular weight is 499 g/mol. The van der Waals surface area contributed by atoms with Gasteiger partial charge in [0.15, 0.2) is 18.3 Å². The van der Waals surface area contributed by atoms with Gasteiger partial charge in [0, 0.05) is 33.4 Å². The van der Waals surface area contributed by atoms with Crippen LogP contribution in [0.1, 0.15) is 33.3 Å². The second-order valence-corrected chi connectivity index (χ2v) is 8.81. The molecule has 1 fully saturated rings. The first kappa shape index (κ1) is 27.5. The van der Waals surface area contributed by atoms with Crippen LogP contribution in [0.15, 0.2) is 24.3 Å². The van der Waals surface area contributed by atoms with Crippen LogP contribution in [0.5, 0.6) is 5.75 Å². The Balaban J connectivity index is 2.20. The molecule has 2 rings (SSSR count). The second kappa shape index (κ2) is 13.2. The first-order chi connectivity index (χ1) is 16.1. The zero-order chi connectivity index (χ0) is 25.3. The quantitative estimate of drug-likeness (QED) is 0.268. The van der Waals surface area contributed by atoms with Crippen molar-refractivity contribution in [2.45, 2.75) is 64.5 Å². The highest BCUT2D eigenvalue weighted by atomic mass is 32.2. The molecule has 1 aliphatic rings. The topological polar surface area (TPSA) is 124 Å². The van der Waals surface area contributed by atoms with E-state index in [2.05, 4.69) is 0 Å². The van der Waals surface area contributed by atoms with Gasteiger partial charge in [0.2, 0.25) is 0 Å². The molecule has 1 aliphatic heterocycles. The standard InChI is InChI=1S/C23H30O10S/c1-13-6-8-18(9-7-13)28-10-11-34-23-22(32-17(5)27)21(31-16(4)26)20(30-15(3)25)19(33-23)12-29-14(2)24/h6-9,19-23H,10-12H2,1-5H3/t19-,20+,21-,22+,23+/m0/s1. The van der Waals surface area contributed by atoms with Crippen molar-refractivity contribution >= 4 is 35.6 Å². The maximum Gasteiger partial charge on any atom is 0.303 e. The van der Waals surface area contributed by atoms with Crippen molar-refractivity contribution in [1.29, 1.82) is 0 Å². The molecule has 1 heterocycles. The minimum absolute atomic E-state index is 0.255. The predicted molar refractivity (Wildman–Crippen MR) is 121 cm³/mol. The van der Waals surface area contributed by atoms with Crippen molar-refractivity contribution in [2.75, 3.05) is 19.0 Å². The average Bonchev–Trinajstić information content (AvgIpc) is 2.74. The maximum atomic E-state index is 11.8. The number of rotatable bonds is 10. The molecule has 1 saturated heterocycles. The minimum Gasteiger partial charge on any atom is -0.493 e. The SMILES string of the molecule is CC(=O)OC[C@@H]1O[C@H](SCCOc2ccc(C)cc2)[C@H](OC(C)=O)[C@@H](OC(C)=O)[C@@H]1OC(C)=O. The third-order valence-electron chi connectivity index (χ3n) is 4.60. The highest BCUT2D eigenvalue weighted by molar-refractivity contribution is 7.99. The summed E-state index contributed by atoms with van der Waals surface area (Å²) in [6.07, 6.45) is -4.37. The van der Waals surface area contributed by atoms with Crippen LogP contribution in [-0.4, -0.2) is 72.7 Å². The van der Waals surface area contributed by atoms with Crippen molar-refractivity contribution in [2.24, 2.45) is 0 Å². The molecular formula is C23H30O10S. The number of hydrogen-bond donors (Lipinski definition) is 0. The lowest BCUT2D eigenvalue weighted by Crippen LogP contribution is -2.61. The summed E-state index contributed by atoms with van der Waals surface area (Å²) in [5, 5.41) is 0. The summed E-state index contributed by atoms with van der Waals surface area (Å²) in [7, 11) is 0. The fourth-order valence-electron chi connectivity index (χ4n) is 3.28. The number of thioether (sulfide) groups is 1. The Bertz CT molecular complexity index is 856. The van der Waals surface area contributed by atoms with Crippen molar-refractivity contribution in [1.82, 2.24) is 0 Å². The largest absolute Gasteiger partial charge is 0.493 e. The predicted octanol–water partition coefficient (Wildman–Crippen LogP) is 2.19. The van der Waals surface area contributed by atoms with E-state index in [1.54, 1.807) is 0 Å². The van der Waals surface area contributed by atoms with Crippen molar-refractivity contribution in [3.8, 4) is 5.75 Å². The summed E-state index contributed by atoms with van der Waals surface area (Å²) in [5.41, 5.74) is 0.293. The molecule has 188 valence electrons. The molecule has 11 heteroatoms. The molecule has 5 atom stereocenters. The number of ether oxygens (including phenoxy) is 6. The van der Waals surface area contributed by atoms with Crippen LogP contribution in [0.4, 0.5) is 0 Å². The van der Waals surface area contributed by atoms with E-state index < -0.39 is 53.7 Å². The van der Waals surface area contributed by atoms with Crippen LogP contribution in [0.3, 0.4) is 0 Å². The number of benzene rings is 1. The molecule has 10 nitrogen and oxygen atoms in total. The third kappa shape index (κ3) is 8.86. The van der Waals surface area contributed by atoms with E-state index >= 15 is 0 Å². The molecule has 0 unspecified atom stereocenters. The Morgan fingerprint density at radius 1 is 0.824 bits per heavy atom. The summed E-state index contributed by atoms with van der Waals surface area (Å²) in [6, 6.07) is 7.58. The zero-order valence-electron chi connectivity index (χ0n) is 19.8. The Labute approximate surface area is 202 Å². The summed E-state index contributed by atoms with van der Waals surface area (Å²) in [6.45, 7) is 6.84. The molecular weight excluding hydrogens is 468 g/mol. The van der Waals surface area contributed by atoms with Crippen LogP contribution in [-0.2, 0) is 42.9 Å². The number of carbonyl (C=O) groups excluding carboxylic acids is 4. The zero-order valence-corrected chi connectivity index (χ0v) is 20.6. The van der Waals surface area contributed by atoms with Gasteiger partial charge in [0.05, 0.1) is 6.61 Å². The summed E-state index contributed by atoms with van der Waals surface area (Å²) in [4.78, 5) is 46.8. The molecule has 0 N–H and O–H groups in total. The van der Waals surface area contributed by atoms with Gasteiger partial charge >= 0.3 is 23.9 Å². The van der Waals surface area contributed by atoms with Crippen LogP contribution < -0.4 is 4.74 Å². The molecule has 0 bridgehead atoms. The number of esters is 4. The van der Waals surface area contributed by atoms with Gasteiger partial charge in [-0.3, -0.25) is 19.2 Å². The van der Waals surface area contributed by atoms with Gasteiger partial charge in [-0.2, -0.15) is 0 Å². The van der Waals surface area contributed by atoms with E-state index in [9.17, 15) is 19.2 Å². The van der Waals surface area contributed by atoms with Gasteiger partial charge in [-0.1, -0.05) is 17.7 Å². The maximum absolute atomic E-state index is 11.8. The molecule has 0 spiro atoms. The summed E-state index contributed by atoms with van der Waals surface area (Å²) < 4.78 is 33.0. The molecule has 0 radical (unpaired) electrons. The number of carbonyl (C=O) groups is 4. The van der Waals surface area contributed by atoms with Crippen LogP contribution in [0.2, 0.25) is 0 Å². The number of aryl methyl sites for hydroxylation is 1. The molecule has 1 aromatic carbocycles. The second-order valence-electron chi connectivity index (χ2n) is 7.60. The lowest BCUT2D eigenvalue weighted by molar-refractivity contribution is -0.237. The first-order valence-electron chi connectivity index (χ1n) is 10.7. The van der Waals surface area contributed by atoms with Gasteiger partial charge in [-0.25, -0.2) is 0 Å². The van der Waals surface area contributed by atoms with E-state index in [1.165, 1.54) is 39.5 Å². The van der Waals surface area contributed by atoms with E-state index in [-0.39, 0.29) is 6.61 Å². The molecule has 0 amide bonds. The van der Waals surface area contributed by atoms with Gasteiger partial charge in [-0.05, 0) is 19.1 Å². The van der Waals surface area contributed by atoms with Crippen LogP contribution in [0.25, 0.3) is 0 Å². The Morgan fingerprint density at radius 3 is 1.94 bits per heavy atom. The van der Waals surface area contributed by atoms with Gasteiger partial charge < -0.3 is 28.4 Å². The van der Waals surface area contributed by atoms with Crippen molar-refractivity contribution < 1.29 is 47.6 Å². The van der Waals surface area contributed by atoms with E-state index in [0.717, 1.165) is 5.56 Å². The van der Waals surface area contributed by atoms with E-state index in [4.69, 9.17) is 28.4 Å². The number of hydrogen-bond acceptors (Lipinski definition) is 11. The van der Waals surface area contributed by atoms with E-state index in [0.29, 0.717) is 18.1 Å². The molecule has 0 aromatic heterocycles. The fourth-order valence-corrected chi connectivity index (χ4v) is 4.31. The Hall–Kier alpha value is -2.79. The lowest BCUT2D eigenvalue weighted by atomic mass is 9.99. The lowest BCUT2D eigenvalue weighted by Gasteiger charge is -2.44. The first-order valence-corrected chi connectivity index (χ1v) is 11.7.